The van der Waals surface area contributed by atoms with Crippen molar-refractivity contribution in [3.05, 3.63) is 65.2 Å². The lowest BCUT2D eigenvalue weighted by Gasteiger charge is -2.39. The van der Waals surface area contributed by atoms with Gasteiger partial charge in [-0.05, 0) is 91.8 Å². The molecule has 0 atom stereocenters. The Kier molecular flexibility index (Phi) is 7.51. The second kappa shape index (κ2) is 10.7. The molecule has 0 aliphatic heterocycles. The molecule has 2 bridgehead atoms. The van der Waals surface area contributed by atoms with Crippen LogP contribution in [-0.4, -0.2) is 24.3 Å². The summed E-state index contributed by atoms with van der Waals surface area (Å²) in [5.41, 5.74) is 5.35. The van der Waals surface area contributed by atoms with Crippen LogP contribution in [0.4, 0.5) is 0 Å². The van der Waals surface area contributed by atoms with Gasteiger partial charge in [0, 0.05) is 6.42 Å². The van der Waals surface area contributed by atoms with E-state index in [9.17, 15) is 9.90 Å². The van der Waals surface area contributed by atoms with Crippen molar-refractivity contribution in [2.45, 2.75) is 58.3 Å². The van der Waals surface area contributed by atoms with Crippen molar-refractivity contribution < 1.29 is 19.4 Å². The summed E-state index contributed by atoms with van der Waals surface area (Å²) in [7, 11) is 0. The highest BCUT2D eigenvalue weighted by atomic mass is 16.5. The summed E-state index contributed by atoms with van der Waals surface area (Å²) in [4.78, 5) is 11.5. The van der Waals surface area contributed by atoms with E-state index in [0.29, 0.717) is 43.6 Å². The van der Waals surface area contributed by atoms with E-state index in [1.54, 1.807) is 17.7 Å². The minimum Gasteiger partial charge on any atom is -0.508 e. The summed E-state index contributed by atoms with van der Waals surface area (Å²) in [6, 6.07) is 16.0. The molecule has 0 spiro atoms. The van der Waals surface area contributed by atoms with Gasteiger partial charge in [0.2, 0.25) is 0 Å². The van der Waals surface area contributed by atoms with Gasteiger partial charge in [-0.25, -0.2) is 0 Å². The third kappa shape index (κ3) is 5.35. The quantitative estimate of drug-likeness (QED) is 0.380. The van der Waals surface area contributed by atoms with Gasteiger partial charge in [0.15, 0.2) is 0 Å². The Hall–Kier alpha value is -2.75. The smallest absolute Gasteiger partial charge is 0.305 e. The Morgan fingerprint density at radius 3 is 2.03 bits per heavy atom. The highest BCUT2D eigenvalue weighted by molar-refractivity contribution is 5.83. The number of phenolic OH excluding ortho intramolecular Hbond substituents is 1. The molecule has 2 aliphatic rings. The number of hydrogen-bond donors (Lipinski definition) is 1. The first-order valence-corrected chi connectivity index (χ1v) is 12.1. The Morgan fingerprint density at radius 1 is 0.906 bits per heavy atom. The van der Waals surface area contributed by atoms with E-state index in [-0.39, 0.29) is 5.97 Å². The van der Waals surface area contributed by atoms with E-state index in [0.717, 1.165) is 5.75 Å². The van der Waals surface area contributed by atoms with Gasteiger partial charge >= 0.3 is 5.97 Å². The predicted molar refractivity (Wildman–Crippen MR) is 127 cm³/mol. The number of fused-ring (bicyclic) bond motifs is 2. The number of hydrogen-bond acceptors (Lipinski definition) is 4. The molecule has 1 N–H and O–H groups in total. The van der Waals surface area contributed by atoms with Crippen molar-refractivity contribution in [3.63, 3.8) is 0 Å². The normalized spacial score (nSPS) is 20.0. The molecule has 0 amide bonds. The van der Waals surface area contributed by atoms with Crippen molar-refractivity contribution in [1.82, 2.24) is 0 Å². The van der Waals surface area contributed by atoms with Crippen LogP contribution in [0.25, 0.3) is 5.57 Å². The summed E-state index contributed by atoms with van der Waals surface area (Å²) in [6.07, 6.45) is 8.84. The summed E-state index contributed by atoms with van der Waals surface area (Å²) in [5.74, 6) is 2.29. The molecule has 170 valence electrons. The number of aromatic hydroxyl groups is 1. The van der Waals surface area contributed by atoms with Crippen LogP contribution in [0.1, 0.15) is 69.4 Å². The van der Waals surface area contributed by atoms with E-state index >= 15 is 0 Å². The zero-order chi connectivity index (χ0) is 22.3. The van der Waals surface area contributed by atoms with Crippen LogP contribution in [0.5, 0.6) is 11.5 Å². The van der Waals surface area contributed by atoms with Gasteiger partial charge in [-0.15, -0.1) is 0 Å². The van der Waals surface area contributed by atoms with E-state index in [2.05, 4.69) is 12.1 Å². The molecule has 2 fully saturated rings. The maximum atomic E-state index is 11.5. The lowest BCUT2D eigenvalue weighted by atomic mass is 9.65. The minimum atomic E-state index is -0.172. The Balaban J connectivity index is 1.55. The van der Waals surface area contributed by atoms with Crippen LogP contribution in [0.15, 0.2) is 54.1 Å². The number of allylic oxidation sites excluding steroid dienone is 1. The van der Waals surface area contributed by atoms with Gasteiger partial charge in [-0.2, -0.15) is 0 Å². The molecule has 4 rings (SSSR count). The summed E-state index contributed by atoms with van der Waals surface area (Å²) in [5, 5.41) is 9.82. The number of carbonyl (C=O) groups is 1. The third-order valence-corrected chi connectivity index (χ3v) is 6.78. The molecule has 2 aliphatic carbocycles. The number of phenols is 1. The van der Waals surface area contributed by atoms with Crippen molar-refractivity contribution in [2.75, 3.05) is 13.2 Å². The number of carbonyl (C=O) groups excluding carboxylic acids is 1. The third-order valence-electron chi connectivity index (χ3n) is 6.78. The maximum Gasteiger partial charge on any atom is 0.305 e. The summed E-state index contributed by atoms with van der Waals surface area (Å²) < 4.78 is 10.8. The van der Waals surface area contributed by atoms with Crippen LogP contribution in [-0.2, 0) is 9.53 Å². The van der Waals surface area contributed by atoms with Gasteiger partial charge in [-0.3, -0.25) is 4.79 Å². The van der Waals surface area contributed by atoms with Crippen molar-refractivity contribution in [1.29, 1.82) is 0 Å². The monoisotopic (exact) mass is 434 g/mol. The molecule has 2 aromatic rings. The Labute approximate surface area is 191 Å². The molecule has 2 saturated carbocycles. The lowest BCUT2D eigenvalue weighted by Crippen LogP contribution is -2.25. The molecule has 4 nitrogen and oxygen atoms in total. The Bertz CT molecular complexity index is 903. The first-order valence-electron chi connectivity index (χ1n) is 12.1. The SMILES string of the molecule is CCOC(=O)CCCOc1ccc(C(=C2C3CCCC2CCC3)c2ccc(O)cc2)cc1. The first kappa shape index (κ1) is 22.4. The van der Waals surface area contributed by atoms with E-state index in [1.807, 2.05) is 31.2 Å². The molecule has 4 heteroatoms. The Morgan fingerprint density at radius 2 is 1.47 bits per heavy atom. The first-order chi connectivity index (χ1) is 15.7. The highest BCUT2D eigenvalue weighted by Gasteiger charge is 2.33. The maximum absolute atomic E-state index is 11.5. The second-order valence-corrected chi connectivity index (χ2v) is 8.91. The van der Waals surface area contributed by atoms with E-state index in [1.165, 1.54) is 55.2 Å². The topological polar surface area (TPSA) is 55.8 Å². The molecular weight excluding hydrogens is 400 g/mol. The fourth-order valence-electron chi connectivity index (χ4n) is 5.36. The fraction of sp³-hybridized carbons (Fsp3) is 0.464. The molecule has 0 saturated heterocycles. The van der Waals surface area contributed by atoms with Crippen LogP contribution in [0.2, 0.25) is 0 Å². The summed E-state index contributed by atoms with van der Waals surface area (Å²) in [6.45, 7) is 2.73. The highest BCUT2D eigenvalue weighted by Crippen LogP contribution is 2.48. The van der Waals surface area contributed by atoms with Gasteiger partial charge in [0.1, 0.15) is 11.5 Å². The van der Waals surface area contributed by atoms with E-state index in [4.69, 9.17) is 9.47 Å². The van der Waals surface area contributed by atoms with Crippen molar-refractivity contribution in [2.24, 2.45) is 11.8 Å². The second-order valence-electron chi connectivity index (χ2n) is 8.91. The molecule has 2 aromatic carbocycles. The molecule has 0 radical (unpaired) electrons. The average molecular weight is 435 g/mol. The van der Waals surface area contributed by atoms with Gasteiger partial charge < -0.3 is 14.6 Å². The molecule has 0 aromatic heterocycles. The summed E-state index contributed by atoms with van der Waals surface area (Å²) >= 11 is 0. The average Bonchev–Trinajstić information content (AvgIpc) is 2.79. The number of rotatable bonds is 8. The van der Waals surface area contributed by atoms with Crippen LogP contribution in [0.3, 0.4) is 0 Å². The zero-order valence-corrected chi connectivity index (χ0v) is 19.0. The van der Waals surface area contributed by atoms with Crippen LogP contribution >= 0.6 is 0 Å². The van der Waals surface area contributed by atoms with E-state index < -0.39 is 0 Å². The zero-order valence-electron chi connectivity index (χ0n) is 19.0. The fourth-order valence-corrected chi connectivity index (χ4v) is 5.36. The molecule has 32 heavy (non-hydrogen) atoms. The largest absolute Gasteiger partial charge is 0.508 e. The van der Waals surface area contributed by atoms with Gasteiger partial charge in [-0.1, -0.05) is 42.7 Å². The van der Waals surface area contributed by atoms with Gasteiger partial charge in [0.25, 0.3) is 0 Å². The van der Waals surface area contributed by atoms with Crippen LogP contribution < -0.4 is 4.74 Å². The number of ether oxygens (including phenoxy) is 2. The number of esters is 1. The lowest BCUT2D eigenvalue weighted by molar-refractivity contribution is -0.143. The standard InChI is InChI=1S/C28H34O4/c1-2-31-26(30)10-5-19-32-25-17-13-23(14-18-25)28(22-11-15-24(29)16-12-22)27-20-6-3-7-21(27)9-4-8-20/h11-18,20-21,29H,2-10,19H2,1H3. The van der Waals surface area contributed by atoms with Crippen LogP contribution in [0, 0.1) is 11.8 Å². The number of benzene rings is 2. The predicted octanol–water partition coefficient (Wildman–Crippen LogP) is 6.52. The molecular formula is C28H34O4. The van der Waals surface area contributed by atoms with Crippen molar-refractivity contribution >= 4 is 11.5 Å². The van der Waals surface area contributed by atoms with Gasteiger partial charge in [0.05, 0.1) is 13.2 Å². The molecule has 0 heterocycles. The van der Waals surface area contributed by atoms with Crippen molar-refractivity contribution in [3.8, 4) is 11.5 Å². The minimum absolute atomic E-state index is 0.172. The molecule has 0 unspecified atom stereocenters.